The van der Waals surface area contributed by atoms with E-state index in [0.717, 1.165) is 0 Å². The summed E-state index contributed by atoms with van der Waals surface area (Å²) in [5, 5.41) is 0.569. The van der Waals surface area contributed by atoms with Crippen LogP contribution in [0, 0.1) is 0 Å². The average Bonchev–Trinajstić information content (AvgIpc) is 2.45. The lowest BCUT2D eigenvalue weighted by Gasteiger charge is -2.03. The van der Waals surface area contributed by atoms with Crippen molar-refractivity contribution in [3.63, 3.8) is 0 Å². The van der Waals surface area contributed by atoms with Crippen molar-refractivity contribution in [2.75, 3.05) is 0 Å². The van der Waals surface area contributed by atoms with Gasteiger partial charge in [-0.1, -0.05) is 48.5 Å². The van der Waals surface area contributed by atoms with Crippen molar-refractivity contribution < 1.29 is 17.8 Å². The molecule has 0 aliphatic carbocycles. The van der Waals surface area contributed by atoms with E-state index in [1.54, 1.807) is 42.5 Å². The molecule has 0 aliphatic rings. The fraction of sp³-hybridized carbons (Fsp3) is 0. The van der Waals surface area contributed by atoms with Crippen LogP contribution in [0.5, 0.6) is 0 Å². The topological polar surface area (TPSA) is 74.3 Å². The van der Waals surface area contributed by atoms with Crippen LogP contribution >= 0.6 is 0 Å². The molecule has 2 aromatic carbocycles. The largest absolute Gasteiger partial charge is 0.744 e. The Balaban J connectivity index is 2.31. The van der Waals surface area contributed by atoms with Crippen LogP contribution in [0.1, 0.15) is 21.5 Å². The number of carbonyl (C=O) groups is 1. The molecule has 0 bridgehead atoms. The van der Waals surface area contributed by atoms with Crippen LogP contribution < -0.4 is 0 Å². The van der Waals surface area contributed by atoms with Gasteiger partial charge in [0, 0.05) is 16.5 Å². The standard InChI is InChI=1S/C15H12O4S/c16-15(13-6-2-1-3-7-13)14-8-4-5-12(11-14)9-10-20(17,18)19/h1-11H,(H,17,18,19)/p-1/b10-9+. The van der Waals surface area contributed by atoms with Crippen molar-refractivity contribution in [1.82, 2.24) is 0 Å². The first-order valence-electron chi connectivity index (χ1n) is 5.79. The minimum atomic E-state index is -4.42. The zero-order valence-corrected chi connectivity index (χ0v) is 11.2. The van der Waals surface area contributed by atoms with Gasteiger partial charge in [0.1, 0.15) is 10.1 Å². The molecule has 20 heavy (non-hydrogen) atoms. The maximum absolute atomic E-state index is 12.2. The molecular formula is C15H11O4S-. The Hall–Kier alpha value is -2.24. The lowest BCUT2D eigenvalue weighted by molar-refractivity contribution is 0.103. The van der Waals surface area contributed by atoms with Crippen LogP contribution in [0.4, 0.5) is 0 Å². The van der Waals surface area contributed by atoms with E-state index in [9.17, 15) is 17.8 Å². The summed E-state index contributed by atoms with van der Waals surface area (Å²) < 4.78 is 31.6. The molecule has 0 N–H and O–H groups in total. The van der Waals surface area contributed by atoms with E-state index in [4.69, 9.17) is 0 Å². The van der Waals surface area contributed by atoms with E-state index in [1.807, 2.05) is 6.07 Å². The number of hydrogen-bond donors (Lipinski definition) is 0. The highest BCUT2D eigenvalue weighted by Gasteiger charge is 2.08. The van der Waals surface area contributed by atoms with Gasteiger partial charge in [0.05, 0.1) is 0 Å². The van der Waals surface area contributed by atoms with Crippen molar-refractivity contribution in [2.24, 2.45) is 0 Å². The zero-order valence-electron chi connectivity index (χ0n) is 10.4. The molecule has 0 aliphatic heterocycles. The van der Waals surface area contributed by atoms with Crippen molar-refractivity contribution in [1.29, 1.82) is 0 Å². The first kappa shape index (κ1) is 14.2. The molecule has 0 atom stereocenters. The third kappa shape index (κ3) is 3.88. The Labute approximate surface area is 117 Å². The predicted octanol–water partition coefficient (Wildman–Crippen LogP) is 2.43. The van der Waals surface area contributed by atoms with Crippen LogP contribution in [-0.4, -0.2) is 18.8 Å². The molecule has 0 fully saturated rings. The Kier molecular flexibility index (Phi) is 4.12. The average molecular weight is 287 g/mol. The molecule has 0 radical (unpaired) electrons. The Morgan fingerprint density at radius 2 is 1.60 bits per heavy atom. The van der Waals surface area contributed by atoms with Crippen LogP contribution in [0.2, 0.25) is 0 Å². The lowest BCUT2D eigenvalue weighted by atomic mass is 10.0. The highest BCUT2D eigenvalue weighted by Crippen LogP contribution is 2.13. The van der Waals surface area contributed by atoms with Gasteiger partial charge in [0.15, 0.2) is 5.78 Å². The van der Waals surface area contributed by atoms with Gasteiger partial charge in [-0.15, -0.1) is 0 Å². The molecule has 0 amide bonds. The molecule has 0 saturated heterocycles. The predicted molar refractivity (Wildman–Crippen MR) is 75.0 cm³/mol. The van der Waals surface area contributed by atoms with E-state index < -0.39 is 10.1 Å². The Morgan fingerprint density at radius 3 is 2.25 bits per heavy atom. The molecule has 2 rings (SSSR count). The number of carbonyl (C=O) groups excluding carboxylic acids is 1. The minimum Gasteiger partial charge on any atom is -0.744 e. The third-order valence-corrected chi connectivity index (χ3v) is 3.08. The fourth-order valence-electron chi connectivity index (χ4n) is 1.70. The SMILES string of the molecule is O=C(c1ccccc1)c1cccc(/C=C/S(=O)(=O)[O-])c1. The first-order chi connectivity index (χ1) is 9.46. The smallest absolute Gasteiger partial charge is 0.193 e. The maximum Gasteiger partial charge on any atom is 0.193 e. The maximum atomic E-state index is 12.2. The quantitative estimate of drug-likeness (QED) is 0.639. The monoisotopic (exact) mass is 287 g/mol. The normalized spacial score (nSPS) is 11.7. The van der Waals surface area contributed by atoms with Crippen LogP contribution in [0.25, 0.3) is 6.08 Å². The highest BCUT2D eigenvalue weighted by atomic mass is 32.2. The van der Waals surface area contributed by atoms with Crippen molar-refractivity contribution >= 4 is 22.0 Å². The number of ketones is 1. The molecule has 0 unspecified atom stereocenters. The van der Waals surface area contributed by atoms with E-state index in [0.29, 0.717) is 22.1 Å². The van der Waals surface area contributed by atoms with Gasteiger partial charge >= 0.3 is 0 Å². The van der Waals surface area contributed by atoms with Gasteiger partial charge in [0.2, 0.25) is 0 Å². The lowest BCUT2D eigenvalue weighted by Crippen LogP contribution is -2.00. The van der Waals surface area contributed by atoms with Gasteiger partial charge in [-0.25, -0.2) is 8.42 Å². The van der Waals surface area contributed by atoms with Gasteiger partial charge in [-0.3, -0.25) is 4.79 Å². The summed E-state index contributed by atoms with van der Waals surface area (Å²) in [6.07, 6.45) is 1.17. The second-order valence-electron chi connectivity index (χ2n) is 4.12. The third-order valence-electron chi connectivity index (χ3n) is 2.61. The van der Waals surface area contributed by atoms with E-state index >= 15 is 0 Å². The molecule has 0 heterocycles. The van der Waals surface area contributed by atoms with Crippen LogP contribution in [-0.2, 0) is 10.1 Å². The van der Waals surface area contributed by atoms with Gasteiger partial charge < -0.3 is 4.55 Å². The second kappa shape index (κ2) is 5.81. The summed E-state index contributed by atoms with van der Waals surface area (Å²) in [6, 6.07) is 15.2. The molecule has 5 heteroatoms. The van der Waals surface area contributed by atoms with Gasteiger partial charge in [-0.2, -0.15) is 0 Å². The molecule has 102 valence electrons. The molecular weight excluding hydrogens is 276 g/mol. The summed E-state index contributed by atoms with van der Waals surface area (Å²) in [4.78, 5) is 12.2. The summed E-state index contributed by atoms with van der Waals surface area (Å²) >= 11 is 0. The minimum absolute atomic E-state index is 0.161. The summed E-state index contributed by atoms with van der Waals surface area (Å²) in [5.41, 5.74) is 1.46. The summed E-state index contributed by atoms with van der Waals surface area (Å²) in [6.45, 7) is 0. The number of rotatable bonds is 4. The van der Waals surface area contributed by atoms with E-state index in [2.05, 4.69) is 0 Å². The Morgan fingerprint density at radius 1 is 0.950 bits per heavy atom. The van der Waals surface area contributed by atoms with Crippen molar-refractivity contribution in [2.45, 2.75) is 0 Å². The Bertz CT molecular complexity index is 746. The van der Waals surface area contributed by atoms with E-state index in [-0.39, 0.29) is 5.78 Å². The number of benzene rings is 2. The van der Waals surface area contributed by atoms with Crippen molar-refractivity contribution in [3.8, 4) is 0 Å². The highest BCUT2D eigenvalue weighted by molar-refractivity contribution is 7.88. The number of hydrogen-bond acceptors (Lipinski definition) is 4. The van der Waals surface area contributed by atoms with E-state index in [1.165, 1.54) is 12.1 Å². The van der Waals surface area contributed by atoms with Crippen molar-refractivity contribution in [3.05, 3.63) is 76.7 Å². The molecule has 0 aromatic heterocycles. The second-order valence-corrected chi connectivity index (χ2v) is 5.37. The van der Waals surface area contributed by atoms with Gasteiger partial charge in [-0.05, 0) is 17.7 Å². The fourth-order valence-corrected chi connectivity index (χ4v) is 2.03. The zero-order chi connectivity index (χ0) is 14.6. The van der Waals surface area contributed by atoms with Crippen LogP contribution in [0.3, 0.4) is 0 Å². The molecule has 0 saturated carbocycles. The van der Waals surface area contributed by atoms with Gasteiger partial charge in [0.25, 0.3) is 0 Å². The summed E-state index contributed by atoms with van der Waals surface area (Å²) in [7, 11) is -4.42. The first-order valence-corrected chi connectivity index (χ1v) is 7.27. The summed E-state index contributed by atoms with van der Waals surface area (Å²) in [5.74, 6) is -0.161. The molecule has 2 aromatic rings. The molecule has 4 nitrogen and oxygen atoms in total. The van der Waals surface area contributed by atoms with Crippen LogP contribution in [0.15, 0.2) is 60.0 Å². The molecule has 0 spiro atoms.